The number of rotatable bonds is 4. The van der Waals surface area contributed by atoms with Crippen molar-refractivity contribution < 1.29 is 4.39 Å². The van der Waals surface area contributed by atoms with Gasteiger partial charge in [0, 0.05) is 17.9 Å². The Kier molecular flexibility index (Phi) is 5.23. The van der Waals surface area contributed by atoms with Crippen LogP contribution in [0.25, 0.3) is 0 Å². The van der Waals surface area contributed by atoms with E-state index in [1.165, 1.54) is 6.07 Å². The fourth-order valence-electron chi connectivity index (χ4n) is 1.44. The largest absolute Gasteiger partial charge is 0.301 e. The van der Waals surface area contributed by atoms with E-state index in [2.05, 4.69) is 50.7 Å². The van der Waals surface area contributed by atoms with Gasteiger partial charge in [-0.05, 0) is 40.7 Å². The fraction of sp³-hybridized carbons (Fsp3) is 0.455. The van der Waals surface area contributed by atoms with E-state index in [0.29, 0.717) is 9.30 Å². The van der Waals surface area contributed by atoms with Crippen molar-refractivity contribution in [1.82, 2.24) is 4.90 Å². The second kappa shape index (κ2) is 5.97. The highest BCUT2D eigenvalue weighted by Gasteiger charge is 2.05. The van der Waals surface area contributed by atoms with E-state index in [1.807, 2.05) is 12.1 Å². The van der Waals surface area contributed by atoms with Gasteiger partial charge in [-0.2, -0.15) is 0 Å². The van der Waals surface area contributed by atoms with Crippen LogP contribution < -0.4 is 0 Å². The van der Waals surface area contributed by atoms with Gasteiger partial charge in [0.1, 0.15) is 5.82 Å². The summed E-state index contributed by atoms with van der Waals surface area (Å²) in [6, 6.07) is 5.13. The molecule has 0 saturated heterocycles. The number of halogens is 3. The van der Waals surface area contributed by atoms with Crippen LogP contribution in [0.1, 0.15) is 12.5 Å². The van der Waals surface area contributed by atoms with Gasteiger partial charge in [-0.25, -0.2) is 4.39 Å². The lowest BCUT2D eigenvalue weighted by Crippen LogP contribution is -2.23. The Morgan fingerprint density at radius 3 is 2.67 bits per heavy atom. The molecule has 4 heteroatoms. The summed E-state index contributed by atoms with van der Waals surface area (Å²) < 4.78 is 13.5. The van der Waals surface area contributed by atoms with Crippen molar-refractivity contribution in [3.05, 3.63) is 34.1 Å². The average molecular weight is 339 g/mol. The Bertz CT molecular complexity index is 328. The summed E-state index contributed by atoms with van der Waals surface area (Å²) in [5, 5.41) is 0. The molecule has 1 rings (SSSR count). The van der Waals surface area contributed by atoms with Crippen LogP contribution in [0.5, 0.6) is 0 Å². The number of hydrogen-bond donors (Lipinski definition) is 0. The van der Waals surface area contributed by atoms with Crippen molar-refractivity contribution in [1.29, 1.82) is 0 Å². The van der Waals surface area contributed by atoms with Gasteiger partial charge in [0.2, 0.25) is 0 Å². The van der Waals surface area contributed by atoms with Crippen LogP contribution in [-0.4, -0.2) is 23.3 Å². The second-order valence-electron chi connectivity index (χ2n) is 3.73. The predicted octanol–water partition coefficient (Wildman–Crippen LogP) is 3.80. The zero-order valence-electron chi connectivity index (χ0n) is 8.80. The molecule has 0 saturated carbocycles. The molecule has 0 aliphatic rings. The Morgan fingerprint density at radius 1 is 1.47 bits per heavy atom. The molecule has 0 aliphatic heterocycles. The summed E-state index contributed by atoms with van der Waals surface area (Å²) in [5.41, 5.74) is 1.11. The average Bonchev–Trinajstić information content (AvgIpc) is 2.10. The molecule has 0 spiro atoms. The van der Waals surface area contributed by atoms with E-state index in [1.54, 1.807) is 0 Å². The van der Waals surface area contributed by atoms with Crippen LogP contribution in [0.3, 0.4) is 0 Å². The standard InChI is InChI=1S/C11H14Br2FN/c1-8(12)6-15(2)7-9-3-4-11(14)10(13)5-9/h3-5,8H,6-7H2,1-2H3. The molecule has 0 aromatic heterocycles. The lowest BCUT2D eigenvalue weighted by atomic mass is 10.2. The first-order chi connectivity index (χ1) is 6.99. The normalized spacial score (nSPS) is 13.2. The quantitative estimate of drug-likeness (QED) is 0.755. The topological polar surface area (TPSA) is 3.24 Å². The summed E-state index contributed by atoms with van der Waals surface area (Å²) in [5.74, 6) is -0.213. The summed E-state index contributed by atoms with van der Waals surface area (Å²) in [7, 11) is 2.05. The Labute approximate surface area is 107 Å². The third-order valence-corrected chi connectivity index (χ3v) is 2.90. The first-order valence-electron chi connectivity index (χ1n) is 4.75. The maximum Gasteiger partial charge on any atom is 0.137 e. The SMILES string of the molecule is CC(Br)CN(C)Cc1ccc(F)c(Br)c1. The molecule has 0 radical (unpaired) electrons. The Balaban J connectivity index is 2.60. The minimum Gasteiger partial charge on any atom is -0.301 e. The summed E-state index contributed by atoms with van der Waals surface area (Å²) >= 11 is 6.69. The molecule has 0 aliphatic carbocycles. The molecule has 84 valence electrons. The van der Waals surface area contributed by atoms with Gasteiger partial charge in [0.15, 0.2) is 0 Å². The van der Waals surface area contributed by atoms with E-state index >= 15 is 0 Å². The van der Waals surface area contributed by atoms with E-state index in [9.17, 15) is 4.39 Å². The maximum atomic E-state index is 13.0. The summed E-state index contributed by atoms with van der Waals surface area (Å²) in [6.45, 7) is 3.90. The Morgan fingerprint density at radius 2 is 2.13 bits per heavy atom. The lowest BCUT2D eigenvalue weighted by molar-refractivity contribution is 0.332. The highest BCUT2D eigenvalue weighted by Crippen LogP contribution is 2.17. The maximum absolute atomic E-state index is 13.0. The van der Waals surface area contributed by atoms with Gasteiger partial charge < -0.3 is 4.90 Å². The smallest absolute Gasteiger partial charge is 0.137 e. The summed E-state index contributed by atoms with van der Waals surface area (Å²) in [4.78, 5) is 2.66. The van der Waals surface area contributed by atoms with Crippen molar-refractivity contribution >= 4 is 31.9 Å². The third-order valence-electron chi connectivity index (χ3n) is 2.00. The van der Waals surface area contributed by atoms with Crippen LogP contribution in [0.4, 0.5) is 4.39 Å². The lowest BCUT2D eigenvalue weighted by Gasteiger charge is -2.18. The van der Waals surface area contributed by atoms with E-state index in [0.717, 1.165) is 18.7 Å². The predicted molar refractivity (Wildman–Crippen MR) is 68.8 cm³/mol. The highest BCUT2D eigenvalue weighted by molar-refractivity contribution is 9.10. The summed E-state index contributed by atoms with van der Waals surface area (Å²) in [6.07, 6.45) is 0. The van der Waals surface area contributed by atoms with Crippen LogP contribution in [0.2, 0.25) is 0 Å². The van der Waals surface area contributed by atoms with Gasteiger partial charge in [-0.3, -0.25) is 0 Å². The first kappa shape index (κ1) is 13.1. The van der Waals surface area contributed by atoms with Gasteiger partial charge in [0.25, 0.3) is 0 Å². The van der Waals surface area contributed by atoms with E-state index in [-0.39, 0.29) is 5.82 Å². The van der Waals surface area contributed by atoms with Crippen LogP contribution in [0, 0.1) is 5.82 Å². The molecule has 0 fully saturated rings. The fourth-order valence-corrected chi connectivity index (χ4v) is 2.36. The third kappa shape index (κ3) is 4.62. The molecule has 1 atom stereocenters. The number of hydrogen-bond acceptors (Lipinski definition) is 1. The molecule has 1 unspecified atom stereocenters. The Hall–Kier alpha value is 0.0700. The van der Waals surface area contributed by atoms with Gasteiger partial charge in [-0.1, -0.05) is 28.9 Å². The molecule has 1 aromatic rings. The first-order valence-corrected chi connectivity index (χ1v) is 6.46. The zero-order valence-corrected chi connectivity index (χ0v) is 12.0. The van der Waals surface area contributed by atoms with Crippen LogP contribution in [0.15, 0.2) is 22.7 Å². The number of alkyl halides is 1. The number of nitrogens with zero attached hydrogens (tertiary/aromatic N) is 1. The number of benzene rings is 1. The molecule has 0 N–H and O–H groups in total. The van der Waals surface area contributed by atoms with Crippen LogP contribution in [-0.2, 0) is 6.54 Å². The minimum atomic E-state index is -0.213. The second-order valence-corrected chi connectivity index (χ2v) is 6.14. The van der Waals surface area contributed by atoms with Crippen molar-refractivity contribution in [2.24, 2.45) is 0 Å². The molecule has 1 nitrogen and oxygen atoms in total. The van der Waals surface area contributed by atoms with E-state index in [4.69, 9.17) is 0 Å². The molecule has 0 heterocycles. The highest BCUT2D eigenvalue weighted by atomic mass is 79.9. The zero-order chi connectivity index (χ0) is 11.4. The molecule has 0 amide bonds. The van der Waals surface area contributed by atoms with Crippen LogP contribution >= 0.6 is 31.9 Å². The molecular weight excluding hydrogens is 325 g/mol. The minimum absolute atomic E-state index is 0.213. The van der Waals surface area contributed by atoms with Gasteiger partial charge in [0.05, 0.1) is 4.47 Å². The monoisotopic (exact) mass is 337 g/mol. The molecular formula is C11H14Br2FN. The van der Waals surface area contributed by atoms with Crippen molar-refractivity contribution in [3.63, 3.8) is 0 Å². The van der Waals surface area contributed by atoms with Crippen molar-refractivity contribution in [2.75, 3.05) is 13.6 Å². The molecule has 15 heavy (non-hydrogen) atoms. The molecule has 0 bridgehead atoms. The van der Waals surface area contributed by atoms with Gasteiger partial charge in [-0.15, -0.1) is 0 Å². The molecule has 1 aromatic carbocycles. The van der Waals surface area contributed by atoms with Gasteiger partial charge >= 0.3 is 0 Å². The van der Waals surface area contributed by atoms with Crippen molar-refractivity contribution in [2.45, 2.75) is 18.3 Å². The van der Waals surface area contributed by atoms with Crippen molar-refractivity contribution in [3.8, 4) is 0 Å². The van der Waals surface area contributed by atoms with E-state index < -0.39 is 0 Å².